The smallest absolute Gasteiger partial charge is 0.306 e. The SMILES string of the molecule is Cc1cc(NC(=O)COC(=O)CCC(=O)c2cccs2)ccc1Br. The highest BCUT2D eigenvalue weighted by molar-refractivity contribution is 9.10. The van der Waals surface area contributed by atoms with Crippen LogP contribution in [0.4, 0.5) is 5.69 Å². The standard InChI is InChI=1S/C17H16BrNO4S/c1-11-9-12(4-5-13(11)18)19-16(21)10-23-17(22)7-6-14(20)15-3-2-8-24-15/h2-5,8-9H,6-7,10H2,1H3,(H,19,21). The normalized spacial score (nSPS) is 10.2. The van der Waals surface area contributed by atoms with Crippen LogP contribution in [0.25, 0.3) is 0 Å². The number of nitrogens with one attached hydrogen (secondary N) is 1. The van der Waals surface area contributed by atoms with Crippen molar-refractivity contribution in [1.29, 1.82) is 0 Å². The number of carbonyl (C=O) groups is 3. The number of rotatable bonds is 7. The summed E-state index contributed by atoms with van der Waals surface area (Å²) in [5, 5.41) is 4.46. The van der Waals surface area contributed by atoms with Gasteiger partial charge in [-0.15, -0.1) is 11.3 Å². The summed E-state index contributed by atoms with van der Waals surface area (Å²) in [7, 11) is 0. The van der Waals surface area contributed by atoms with Gasteiger partial charge in [0.2, 0.25) is 0 Å². The van der Waals surface area contributed by atoms with Crippen molar-refractivity contribution in [2.75, 3.05) is 11.9 Å². The Bertz CT molecular complexity index is 743. The van der Waals surface area contributed by atoms with Gasteiger partial charge in [0.1, 0.15) is 0 Å². The number of aryl methyl sites for hydroxylation is 1. The Morgan fingerprint density at radius 1 is 1.21 bits per heavy atom. The third-order valence-electron chi connectivity index (χ3n) is 3.16. The fourth-order valence-corrected chi connectivity index (χ4v) is 2.85. The molecule has 24 heavy (non-hydrogen) atoms. The highest BCUT2D eigenvalue weighted by Gasteiger charge is 2.12. The Morgan fingerprint density at radius 3 is 2.67 bits per heavy atom. The molecule has 1 N–H and O–H groups in total. The number of ketones is 1. The minimum absolute atomic E-state index is 0.0403. The van der Waals surface area contributed by atoms with E-state index < -0.39 is 11.9 Å². The fourth-order valence-electron chi connectivity index (χ4n) is 1.91. The van der Waals surface area contributed by atoms with E-state index in [1.54, 1.807) is 23.6 Å². The Morgan fingerprint density at radius 2 is 2.00 bits per heavy atom. The summed E-state index contributed by atoms with van der Waals surface area (Å²) in [6.07, 6.45) is 0.0360. The van der Waals surface area contributed by atoms with Crippen LogP contribution in [-0.4, -0.2) is 24.3 Å². The number of hydrogen-bond acceptors (Lipinski definition) is 5. The number of hydrogen-bond donors (Lipinski definition) is 1. The van der Waals surface area contributed by atoms with E-state index in [1.165, 1.54) is 11.3 Å². The van der Waals surface area contributed by atoms with E-state index in [1.807, 2.05) is 19.1 Å². The maximum Gasteiger partial charge on any atom is 0.306 e. The van der Waals surface area contributed by atoms with Crippen LogP contribution in [0.2, 0.25) is 0 Å². The summed E-state index contributed by atoms with van der Waals surface area (Å²) in [5.41, 5.74) is 1.61. The van der Waals surface area contributed by atoms with Crippen LogP contribution in [0.15, 0.2) is 40.2 Å². The predicted molar refractivity (Wildman–Crippen MR) is 96.4 cm³/mol. The van der Waals surface area contributed by atoms with E-state index in [0.717, 1.165) is 10.0 Å². The van der Waals surface area contributed by atoms with E-state index in [2.05, 4.69) is 21.2 Å². The number of anilines is 1. The first kappa shape index (κ1) is 18.4. The van der Waals surface area contributed by atoms with Crippen LogP contribution >= 0.6 is 27.3 Å². The number of Topliss-reactive ketones (excluding diaryl/α,β-unsaturated/α-hetero) is 1. The summed E-state index contributed by atoms with van der Waals surface area (Å²) < 4.78 is 5.84. The molecule has 1 amide bonds. The van der Waals surface area contributed by atoms with Crippen LogP contribution in [0.5, 0.6) is 0 Å². The van der Waals surface area contributed by atoms with Gasteiger partial charge < -0.3 is 10.1 Å². The van der Waals surface area contributed by atoms with Crippen molar-refractivity contribution in [2.45, 2.75) is 19.8 Å². The predicted octanol–water partition coefficient (Wildman–Crippen LogP) is 3.96. The van der Waals surface area contributed by atoms with Gasteiger partial charge in [0.15, 0.2) is 12.4 Å². The molecular formula is C17H16BrNO4S. The molecule has 7 heteroatoms. The molecule has 0 bridgehead atoms. The van der Waals surface area contributed by atoms with Gasteiger partial charge in [-0.25, -0.2) is 0 Å². The lowest BCUT2D eigenvalue weighted by Crippen LogP contribution is -2.21. The molecule has 0 aliphatic rings. The molecule has 0 saturated heterocycles. The molecule has 0 fully saturated rings. The van der Waals surface area contributed by atoms with Gasteiger partial charge in [-0.3, -0.25) is 14.4 Å². The molecule has 0 atom stereocenters. The van der Waals surface area contributed by atoms with E-state index in [4.69, 9.17) is 4.74 Å². The maximum absolute atomic E-state index is 11.8. The lowest BCUT2D eigenvalue weighted by molar-refractivity contribution is -0.147. The van der Waals surface area contributed by atoms with Crippen LogP contribution in [0.3, 0.4) is 0 Å². The molecule has 126 valence electrons. The molecule has 1 aromatic heterocycles. The molecular weight excluding hydrogens is 394 g/mol. The Hall–Kier alpha value is -1.99. The zero-order valence-corrected chi connectivity index (χ0v) is 15.4. The van der Waals surface area contributed by atoms with Crippen molar-refractivity contribution in [1.82, 2.24) is 0 Å². The van der Waals surface area contributed by atoms with Crippen molar-refractivity contribution < 1.29 is 19.1 Å². The van der Waals surface area contributed by atoms with E-state index in [0.29, 0.717) is 10.6 Å². The number of esters is 1. The topological polar surface area (TPSA) is 72.5 Å². The van der Waals surface area contributed by atoms with Gasteiger partial charge in [0, 0.05) is 16.6 Å². The second kappa shape index (κ2) is 8.75. The molecule has 1 aromatic carbocycles. The Labute approximate surface area is 152 Å². The molecule has 0 spiro atoms. The summed E-state index contributed by atoms with van der Waals surface area (Å²) in [6.45, 7) is 1.53. The van der Waals surface area contributed by atoms with Crippen molar-refractivity contribution >= 4 is 50.6 Å². The van der Waals surface area contributed by atoms with Crippen LogP contribution in [-0.2, 0) is 14.3 Å². The molecule has 0 aliphatic heterocycles. The zero-order chi connectivity index (χ0) is 17.5. The minimum atomic E-state index is -0.568. The van der Waals surface area contributed by atoms with E-state index in [-0.39, 0.29) is 25.2 Å². The van der Waals surface area contributed by atoms with E-state index >= 15 is 0 Å². The Kier molecular flexibility index (Phi) is 6.69. The third-order valence-corrected chi connectivity index (χ3v) is 4.96. The van der Waals surface area contributed by atoms with Crippen molar-refractivity contribution in [3.05, 3.63) is 50.6 Å². The first-order valence-corrected chi connectivity index (χ1v) is 8.91. The highest BCUT2D eigenvalue weighted by Crippen LogP contribution is 2.20. The summed E-state index contributed by atoms with van der Waals surface area (Å²) in [4.78, 5) is 35.8. The molecule has 0 aliphatic carbocycles. The number of halogens is 1. The first-order valence-electron chi connectivity index (χ1n) is 7.24. The average molecular weight is 410 g/mol. The number of ether oxygens (including phenoxy) is 1. The van der Waals surface area contributed by atoms with Crippen LogP contribution in [0, 0.1) is 6.92 Å². The quantitative estimate of drug-likeness (QED) is 0.554. The molecule has 0 saturated carbocycles. The summed E-state index contributed by atoms with van der Waals surface area (Å²) in [6, 6.07) is 8.88. The minimum Gasteiger partial charge on any atom is -0.456 e. The Balaban J connectivity index is 1.72. The zero-order valence-electron chi connectivity index (χ0n) is 13.0. The molecule has 5 nitrogen and oxygen atoms in total. The largest absolute Gasteiger partial charge is 0.456 e. The molecule has 0 unspecified atom stereocenters. The monoisotopic (exact) mass is 409 g/mol. The van der Waals surface area contributed by atoms with Gasteiger partial charge in [-0.05, 0) is 42.1 Å². The van der Waals surface area contributed by atoms with Gasteiger partial charge in [-0.2, -0.15) is 0 Å². The van der Waals surface area contributed by atoms with E-state index in [9.17, 15) is 14.4 Å². The van der Waals surface area contributed by atoms with Crippen LogP contribution in [0.1, 0.15) is 28.1 Å². The van der Waals surface area contributed by atoms with Crippen LogP contribution < -0.4 is 5.32 Å². The van der Waals surface area contributed by atoms with Gasteiger partial charge in [-0.1, -0.05) is 22.0 Å². The second-order valence-corrected chi connectivity index (χ2v) is 6.88. The average Bonchev–Trinajstić information content (AvgIpc) is 3.08. The summed E-state index contributed by atoms with van der Waals surface area (Å²) in [5.74, 6) is -1.09. The number of amides is 1. The maximum atomic E-state index is 11.8. The molecule has 2 rings (SSSR count). The number of carbonyl (C=O) groups excluding carboxylic acids is 3. The highest BCUT2D eigenvalue weighted by atomic mass is 79.9. The lowest BCUT2D eigenvalue weighted by atomic mass is 10.2. The van der Waals surface area contributed by atoms with Gasteiger partial charge in [0.25, 0.3) is 5.91 Å². The number of thiophene rings is 1. The van der Waals surface area contributed by atoms with Gasteiger partial charge in [0.05, 0.1) is 11.3 Å². The lowest BCUT2D eigenvalue weighted by Gasteiger charge is -2.08. The van der Waals surface area contributed by atoms with Crippen molar-refractivity contribution in [3.63, 3.8) is 0 Å². The molecule has 0 radical (unpaired) electrons. The first-order chi connectivity index (χ1) is 11.5. The molecule has 2 aromatic rings. The number of benzene rings is 1. The second-order valence-electron chi connectivity index (χ2n) is 5.07. The van der Waals surface area contributed by atoms with Crippen molar-refractivity contribution in [2.24, 2.45) is 0 Å². The van der Waals surface area contributed by atoms with Gasteiger partial charge >= 0.3 is 5.97 Å². The fraction of sp³-hybridized carbons (Fsp3) is 0.235. The summed E-state index contributed by atoms with van der Waals surface area (Å²) >= 11 is 4.71. The third kappa shape index (κ3) is 5.58. The van der Waals surface area contributed by atoms with Crippen molar-refractivity contribution in [3.8, 4) is 0 Å². The molecule has 1 heterocycles.